The van der Waals surface area contributed by atoms with E-state index in [1.807, 2.05) is 0 Å². The van der Waals surface area contributed by atoms with Crippen LogP contribution < -0.4 is 15.0 Å². The van der Waals surface area contributed by atoms with Gasteiger partial charge in [0, 0.05) is 23.9 Å². The number of carboxylic acids is 1. The number of nitrogens with one attached hydrogen (secondary N) is 1. The number of phenolic OH excluding ortho intramolecular Hbond substituents is 1. The third-order valence-corrected chi connectivity index (χ3v) is 4.68. The second-order valence-corrected chi connectivity index (χ2v) is 6.96. The third kappa shape index (κ3) is 4.57. The van der Waals surface area contributed by atoms with E-state index < -0.39 is 23.7 Å². The maximum absolute atomic E-state index is 12.9. The van der Waals surface area contributed by atoms with Gasteiger partial charge in [-0.05, 0) is 54.6 Å². The van der Waals surface area contributed by atoms with Gasteiger partial charge in [0.25, 0.3) is 11.8 Å². The molecule has 9 nitrogen and oxygen atoms in total. The van der Waals surface area contributed by atoms with Gasteiger partial charge >= 0.3 is 5.97 Å². The molecule has 0 unspecified atom stereocenters. The van der Waals surface area contributed by atoms with E-state index in [-0.39, 0.29) is 16.9 Å². The van der Waals surface area contributed by atoms with Crippen molar-refractivity contribution in [3.05, 3.63) is 90.0 Å². The van der Waals surface area contributed by atoms with Crippen LogP contribution in [0.5, 0.6) is 17.2 Å². The number of carboxylic acid groups (broad SMARTS) is 1. The Morgan fingerprint density at radius 1 is 0.848 bits per heavy atom. The smallest absolute Gasteiger partial charge is 0.328 e. The average Bonchev–Trinajstić information content (AvgIpc) is 3.03. The molecule has 0 atom stereocenters. The Morgan fingerprint density at radius 3 is 2.27 bits per heavy atom. The number of anilines is 2. The normalized spacial score (nSPS) is 12.7. The highest BCUT2D eigenvalue weighted by Gasteiger charge is 2.37. The molecule has 4 rings (SSSR count). The third-order valence-electron chi connectivity index (χ3n) is 4.68. The molecule has 3 aromatic carbocycles. The first-order chi connectivity index (χ1) is 15.8. The molecule has 0 spiro atoms. The van der Waals surface area contributed by atoms with Crippen molar-refractivity contribution in [1.82, 2.24) is 0 Å². The van der Waals surface area contributed by atoms with E-state index in [2.05, 4.69) is 5.32 Å². The first kappa shape index (κ1) is 21.3. The number of rotatable bonds is 6. The molecule has 1 heterocycles. The zero-order valence-electron chi connectivity index (χ0n) is 16.9. The summed E-state index contributed by atoms with van der Waals surface area (Å²) in [6.07, 6.45) is 1.61. The summed E-state index contributed by atoms with van der Waals surface area (Å²) in [6.45, 7) is 0. The fourth-order valence-electron chi connectivity index (χ4n) is 3.22. The van der Waals surface area contributed by atoms with Crippen molar-refractivity contribution < 1.29 is 34.1 Å². The van der Waals surface area contributed by atoms with Crippen LogP contribution >= 0.6 is 0 Å². The summed E-state index contributed by atoms with van der Waals surface area (Å²) in [5.41, 5.74) is 1.11. The molecule has 3 aromatic rings. The van der Waals surface area contributed by atoms with Crippen molar-refractivity contribution in [3.63, 3.8) is 0 Å². The van der Waals surface area contributed by atoms with Crippen molar-refractivity contribution in [2.24, 2.45) is 0 Å². The van der Waals surface area contributed by atoms with Gasteiger partial charge in [-0.2, -0.15) is 0 Å². The Hall–Kier alpha value is -4.92. The summed E-state index contributed by atoms with van der Waals surface area (Å²) in [7, 11) is 0. The molecule has 0 aliphatic carbocycles. The number of benzene rings is 3. The number of hydrogen-bond acceptors (Lipinski definition) is 6. The summed E-state index contributed by atoms with van der Waals surface area (Å²) < 4.78 is 5.79. The highest BCUT2D eigenvalue weighted by atomic mass is 16.5. The van der Waals surface area contributed by atoms with Crippen LogP contribution in [0.1, 0.15) is 20.7 Å². The predicted octanol–water partition coefficient (Wildman–Crippen LogP) is 3.56. The average molecular weight is 444 g/mol. The highest BCUT2D eigenvalue weighted by Crippen LogP contribution is 2.33. The Kier molecular flexibility index (Phi) is 5.60. The van der Waals surface area contributed by atoms with E-state index in [0.29, 0.717) is 22.9 Å². The Labute approximate surface area is 187 Å². The topological polar surface area (TPSA) is 133 Å². The number of hydrogen-bond donors (Lipinski definition) is 3. The van der Waals surface area contributed by atoms with Crippen LogP contribution in [0.3, 0.4) is 0 Å². The van der Waals surface area contributed by atoms with Gasteiger partial charge in [0.1, 0.15) is 17.2 Å². The van der Waals surface area contributed by atoms with Crippen molar-refractivity contribution in [3.8, 4) is 17.2 Å². The molecule has 3 N–H and O–H groups in total. The molecular formula is C24H16N2O7. The van der Waals surface area contributed by atoms with Gasteiger partial charge in [0.2, 0.25) is 5.91 Å². The lowest BCUT2D eigenvalue weighted by molar-refractivity contribution is -0.131. The molecular weight excluding hydrogens is 428 g/mol. The van der Waals surface area contributed by atoms with E-state index in [9.17, 15) is 24.3 Å². The number of carbonyl (C=O) groups excluding carboxylic acids is 3. The van der Waals surface area contributed by atoms with Gasteiger partial charge in [-0.25, -0.2) is 9.69 Å². The quantitative estimate of drug-likeness (QED) is 0.391. The Bertz CT molecular complexity index is 1310. The molecule has 3 amide bonds. The molecule has 0 radical (unpaired) electrons. The van der Waals surface area contributed by atoms with E-state index >= 15 is 0 Å². The van der Waals surface area contributed by atoms with Crippen molar-refractivity contribution >= 4 is 35.1 Å². The summed E-state index contributed by atoms with van der Waals surface area (Å²) in [5, 5.41) is 20.5. The standard InChI is InChI=1S/C24H16N2O7/c27-16-6-4-15(5-7-16)26-23(31)19-9-8-18(13-20(19)24(26)32)33-17-3-1-2-14(12-17)25-21(28)10-11-22(29)30/h1-13,27H,(H,25,28)(H,29,30). The first-order valence-corrected chi connectivity index (χ1v) is 9.63. The van der Waals surface area contributed by atoms with E-state index in [1.165, 1.54) is 42.5 Å². The van der Waals surface area contributed by atoms with Gasteiger partial charge in [-0.15, -0.1) is 0 Å². The molecule has 9 heteroatoms. The minimum absolute atomic E-state index is 0.0161. The van der Waals surface area contributed by atoms with E-state index in [0.717, 1.165) is 17.1 Å². The van der Waals surface area contributed by atoms with Crippen molar-refractivity contribution in [2.75, 3.05) is 10.2 Å². The Balaban J connectivity index is 1.53. The number of aromatic hydroxyl groups is 1. The number of amides is 3. The SMILES string of the molecule is O=C(O)C=CC(=O)Nc1cccc(Oc2ccc3c(c2)C(=O)N(c2ccc(O)cc2)C3=O)c1. The van der Waals surface area contributed by atoms with E-state index in [4.69, 9.17) is 9.84 Å². The van der Waals surface area contributed by atoms with Crippen LogP contribution in [0, 0.1) is 0 Å². The number of nitrogens with zero attached hydrogens (tertiary/aromatic N) is 1. The van der Waals surface area contributed by atoms with Crippen molar-refractivity contribution in [1.29, 1.82) is 0 Å². The summed E-state index contributed by atoms with van der Waals surface area (Å²) in [5.74, 6) is -2.19. The molecule has 0 aromatic heterocycles. The summed E-state index contributed by atoms with van der Waals surface area (Å²) in [4.78, 5) is 48.9. The Morgan fingerprint density at radius 2 is 1.55 bits per heavy atom. The number of fused-ring (bicyclic) bond motifs is 1. The van der Waals surface area contributed by atoms with Crippen LogP contribution in [0.15, 0.2) is 78.9 Å². The minimum Gasteiger partial charge on any atom is -0.508 e. The molecule has 0 bridgehead atoms. The number of carbonyl (C=O) groups is 4. The number of aliphatic carboxylic acids is 1. The first-order valence-electron chi connectivity index (χ1n) is 9.63. The zero-order valence-corrected chi connectivity index (χ0v) is 16.9. The van der Waals surface area contributed by atoms with Crippen LogP contribution in [0.25, 0.3) is 0 Å². The molecule has 0 saturated heterocycles. The second kappa shape index (κ2) is 8.67. The number of phenols is 1. The van der Waals surface area contributed by atoms with Gasteiger partial charge in [-0.3, -0.25) is 14.4 Å². The van der Waals surface area contributed by atoms with Crippen LogP contribution in [0.2, 0.25) is 0 Å². The largest absolute Gasteiger partial charge is 0.508 e. The molecule has 1 aliphatic rings. The van der Waals surface area contributed by atoms with Crippen LogP contribution in [-0.2, 0) is 9.59 Å². The zero-order chi connectivity index (χ0) is 23.5. The molecule has 0 fully saturated rings. The van der Waals surface area contributed by atoms with Crippen LogP contribution in [0.4, 0.5) is 11.4 Å². The molecule has 1 aliphatic heterocycles. The second-order valence-electron chi connectivity index (χ2n) is 6.96. The van der Waals surface area contributed by atoms with Gasteiger partial charge in [0.05, 0.1) is 16.8 Å². The lowest BCUT2D eigenvalue weighted by atomic mass is 10.1. The number of imide groups is 1. The van der Waals surface area contributed by atoms with Gasteiger partial charge < -0.3 is 20.3 Å². The summed E-state index contributed by atoms with van der Waals surface area (Å²) in [6, 6.07) is 16.6. The monoisotopic (exact) mass is 444 g/mol. The lowest BCUT2D eigenvalue weighted by Gasteiger charge is -2.13. The molecule has 0 saturated carbocycles. The maximum Gasteiger partial charge on any atom is 0.328 e. The molecule has 33 heavy (non-hydrogen) atoms. The predicted molar refractivity (Wildman–Crippen MR) is 118 cm³/mol. The lowest BCUT2D eigenvalue weighted by Crippen LogP contribution is -2.29. The van der Waals surface area contributed by atoms with Crippen molar-refractivity contribution in [2.45, 2.75) is 0 Å². The maximum atomic E-state index is 12.9. The highest BCUT2D eigenvalue weighted by molar-refractivity contribution is 6.34. The fourth-order valence-corrected chi connectivity index (χ4v) is 3.22. The van der Waals surface area contributed by atoms with E-state index in [1.54, 1.807) is 24.3 Å². The van der Waals surface area contributed by atoms with Gasteiger partial charge in [-0.1, -0.05) is 6.07 Å². The minimum atomic E-state index is -1.24. The number of ether oxygens (including phenoxy) is 1. The fraction of sp³-hybridized carbons (Fsp3) is 0. The van der Waals surface area contributed by atoms with Crippen LogP contribution in [-0.4, -0.2) is 33.9 Å². The molecule has 164 valence electrons. The van der Waals surface area contributed by atoms with Gasteiger partial charge in [0.15, 0.2) is 0 Å². The summed E-state index contributed by atoms with van der Waals surface area (Å²) >= 11 is 0.